The highest BCUT2D eigenvalue weighted by molar-refractivity contribution is 6.09. The molecule has 232 valence electrons. The second kappa shape index (κ2) is 11.1. The van der Waals surface area contributed by atoms with Gasteiger partial charge in [-0.05, 0) is 87.1 Å². The summed E-state index contributed by atoms with van der Waals surface area (Å²) in [5.41, 5.74) is 8.25. The van der Waals surface area contributed by atoms with E-state index in [1.807, 2.05) is 38.4 Å². The minimum Gasteiger partial charge on any atom is -0.473 e. The van der Waals surface area contributed by atoms with Crippen LogP contribution in [0, 0.1) is 32.6 Å². The van der Waals surface area contributed by atoms with Crippen LogP contribution in [0.3, 0.4) is 0 Å². The Labute approximate surface area is 264 Å². The molecule has 9 heteroatoms. The fourth-order valence-corrected chi connectivity index (χ4v) is 7.55. The van der Waals surface area contributed by atoms with Crippen LogP contribution in [-0.2, 0) is 20.1 Å². The molecule has 1 saturated heterocycles. The molecule has 2 saturated carbocycles. The van der Waals surface area contributed by atoms with Gasteiger partial charge in [0, 0.05) is 73.7 Å². The lowest BCUT2D eigenvalue weighted by Gasteiger charge is -2.46. The summed E-state index contributed by atoms with van der Waals surface area (Å²) < 4.78 is 8.33. The summed E-state index contributed by atoms with van der Waals surface area (Å²) >= 11 is 0. The second-order valence-electron chi connectivity index (χ2n) is 13.8. The van der Waals surface area contributed by atoms with Gasteiger partial charge >= 0.3 is 0 Å². The van der Waals surface area contributed by atoms with E-state index >= 15 is 0 Å². The molecule has 45 heavy (non-hydrogen) atoms. The van der Waals surface area contributed by atoms with Crippen LogP contribution in [0.15, 0.2) is 48.8 Å². The molecule has 1 amide bonds. The molecule has 3 aromatic heterocycles. The van der Waals surface area contributed by atoms with Crippen molar-refractivity contribution in [2.45, 2.75) is 90.6 Å². The zero-order valence-corrected chi connectivity index (χ0v) is 26.6. The third-order valence-corrected chi connectivity index (χ3v) is 10.4. The molecule has 2 aliphatic carbocycles. The quantitative estimate of drug-likeness (QED) is 0.246. The molecule has 4 aliphatic rings. The van der Waals surface area contributed by atoms with Crippen molar-refractivity contribution in [3.63, 3.8) is 0 Å². The van der Waals surface area contributed by atoms with Crippen molar-refractivity contribution in [3.05, 3.63) is 82.3 Å². The highest BCUT2D eigenvalue weighted by Crippen LogP contribution is 2.48. The first-order chi connectivity index (χ1) is 21.8. The summed E-state index contributed by atoms with van der Waals surface area (Å²) in [6.45, 7) is 7.81. The first kappa shape index (κ1) is 28.4. The Morgan fingerprint density at radius 2 is 1.64 bits per heavy atom. The summed E-state index contributed by atoms with van der Waals surface area (Å²) in [5.74, 6) is 2.50. The second-order valence-corrected chi connectivity index (χ2v) is 13.8. The third-order valence-electron chi connectivity index (χ3n) is 10.4. The van der Waals surface area contributed by atoms with Crippen molar-refractivity contribution in [2.75, 3.05) is 4.90 Å². The monoisotopic (exact) mass is 603 g/mol. The molecule has 9 nitrogen and oxygen atoms in total. The fraction of sp³-hybridized carbons (Fsp3) is 0.472. The number of ether oxygens (including phenoxy) is 1. The van der Waals surface area contributed by atoms with Crippen LogP contribution in [0.25, 0.3) is 11.3 Å². The average molecular weight is 604 g/mol. The lowest BCUT2D eigenvalue weighted by atomic mass is 9.87. The Morgan fingerprint density at radius 3 is 2.27 bits per heavy atom. The summed E-state index contributed by atoms with van der Waals surface area (Å²) in [5, 5.41) is 13.3. The maximum absolute atomic E-state index is 13.5. The van der Waals surface area contributed by atoms with Gasteiger partial charge in [0.15, 0.2) is 5.82 Å². The topological polar surface area (TPSA) is 89.3 Å². The highest BCUT2D eigenvalue weighted by Gasteiger charge is 2.48. The first-order valence-electron chi connectivity index (χ1n) is 16.4. The Bertz CT molecular complexity index is 1740. The number of aromatic nitrogens is 5. The Kier molecular flexibility index (Phi) is 6.97. The van der Waals surface area contributed by atoms with Gasteiger partial charge in [-0.15, -0.1) is 10.2 Å². The molecule has 3 fully saturated rings. The number of piperidine rings is 1. The molecule has 0 N–H and O–H groups in total. The first-order valence-corrected chi connectivity index (χ1v) is 16.4. The van der Waals surface area contributed by atoms with E-state index in [1.165, 1.54) is 42.4 Å². The van der Waals surface area contributed by atoms with E-state index in [2.05, 4.69) is 57.2 Å². The van der Waals surface area contributed by atoms with Crippen molar-refractivity contribution in [1.82, 2.24) is 29.9 Å². The zero-order chi connectivity index (χ0) is 30.8. The number of likely N-dealkylation sites (tertiary alicyclic amines) is 1. The lowest BCUT2D eigenvalue weighted by molar-refractivity contribution is -0.0125. The van der Waals surface area contributed by atoms with Crippen molar-refractivity contribution in [3.8, 4) is 17.1 Å². The molecule has 0 spiro atoms. The van der Waals surface area contributed by atoms with Crippen LogP contribution in [0.1, 0.15) is 76.8 Å². The predicted octanol–water partition coefficient (Wildman–Crippen LogP) is 5.96. The van der Waals surface area contributed by atoms with Gasteiger partial charge in [-0.3, -0.25) is 24.3 Å². The molecule has 8 rings (SSSR count). The van der Waals surface area contributed by atoms with Crippen LogP contribution in [0.5, 0.6) is 5.88 Å². The maximum Gasteiger partial charge on any atom is 0.260 e. The molecule has 0 bridgehead atoms. The normalized spacial score (nSPS) is 23.4. The molecule has 2 aliphatic heterocycles. The number of carbonyl (C=O) groups excluding carboxylic acids is 1. The van der Waals surface area contributed by atoms with E-state index in [1.54, 1.807) is 15.8 Å². The van der Waals surface area contributed by atoms with Crippen LogP contribution in [-0.4, -0.2) is 54.0 Å². The number of benzene rings is 1. The molecular weight excluding hydrogens is 562 g/mol. The van der Waals surface area contributed by atoms with Gasteiger partial charge < -0.3 is 4.74 Å². The molecule has 0 unspecified atom stereocenters. The SMILES string of the molecule is Cc1ccc(CN2[C@H](C3CC3)CC(Oc3ccc(N4Cc5cnc(-c6cn(C)nc6C)cc5C4=O)nn3)C[C@H]2C2CC2)cc1C. The number of amides is 1. The average Bonchev–Trinajstić information content (AvgIpc) is 3.96. The number of rotatable bonds is 8. The number of anilines is 1. The zero-order valence-electron chi connectivity index (χ0n) is 26.6. The van der Waals surface area contributed by atoms with Gasteiger partial charge in [0.25, 0.3) is 5.91 Å². The largest absolute Gasteiger partial charge is 0.473 e. The Hall–Kier alpha value is -4.11. The fourth-order valence-electron chi connectivity index (χ4n) is 7.55. The van der Waals surface area contributed by atoms with Gasteiger partial charge in [0.1, 0.15) is 6.10 Å². The number of hydrogen-bond acceptors (Lipinski definition) is 7. The third kappa shape index (κ3) is 5.52. The Balaban J connectivity index is 0.964. The molecule has 4 aromatic rings. The number of aryl methyl sites for hydroxylation is 4. The van der Waals surface area contributed by atoms with Crippen LogP contribution in [0.4, 0.5) is 5.82 Å². The van der Waals surface area contributed by atoms with Crippen molar-refractivity contribution in [2.24, 2.45) is 18.9 Å². The summed E-state index contributed by atoms with van der Waals surface area (Å²) in [6, 6.07) is 13.6. The minimum absolute atomic E-state index is 0.0890. The number of pyridine rings is 1. The number of hydrogen-bond donors (Lipinski definition) is 0. The van der Waals surface area contributed by atoms with Crippen molar-refractivity contribution >= 4 is 11.7 Å². The van der Waals surface area contributed by atoms with E-state index in [9.17, 15) is 4.79 Å². The summed E-state index contributed by atoms with van der Waals surface area (Å²) in [6.07, 6.45) is 11.2. The Morgan fingerprint density at radius 1 is 0.889 bits per heavy atom. The van der Waals surface area contributed by atoms with Gasteiger partial charge in [0.05, 0.1) is 17.9 Å². The van der Waals surface area contributed by atoms with Crippen LogP contribution in [0.2, 0.25) is 0 Å². The van der Waals surface area contributed by atoms with E-state index in [0.717, 1.165) is 53.7 Å². The standard InChI is InChI=1S/C36H41N7O2/c1-21-5-6-24(13-22(21)2)18-42-32(25-7-8-25)14-28(15-33(42)26-9-10-26)45-35-12-11-34(38-39-35)43-19-27-17-37-31(16-29(27)36(43)44)30-20-41(4)40-23(30)3/h5-6,11-13,16-17,20,25-26,28,32-33H,7-10,14-15,18-19H2,1-4H3/t32-,33-/m0/s1. The smallest absolute Gasteiger partial charge is 0.260 e. The molecule has 2 atom stereocenters. The summed E-state index contributed by atoms with van der Waals surface area (Å²) in [7, 11) is 1.88. The molecular formula is C36H41N7O2. The number of carbonyl (C=O) groups is 1. The number of fused-ring (bicyclic) bond motifs is 1. The van der Waals surface area contributed by atoms with Gasteiger partial charge in [-0.25, -0.2) is 0 Å². The minimum atomic E-state index is -0.0890. The number of nitrogens with zero attached hydrogens (tertiary/aromatic N) is 7. The lowest BCUT2D eigenvalue weighted by Crippen LogP contribution is -2.53. The molecule has 0 radical (unpaired) electrons. The molecule has 1 aromatic carbocycles. The maximum atomic E-state index is 13.5. The van der Waals surface area contributed by atoms with Crippen molar-refractivity contribution in [1.29, 1.82) is 0 Å². The van der Waals surface area contributed by atoms with E-state index in [0.29, 0.717) is 35.9 Å². The van der Waals surface area contributed by atoms with Gasteiger partial charge in [-0.1, -0.05) is 18.2 Å². The van der Waals surface area contributed by atoms with E-state index in [4.69, 9.17) is 4.74 Å². The van der Waals surface area contributed by atoms with E-state index in [-0.39, 0.29) is 12.0 Å². The van der Waals surface area contributed by atoms with Crippen LogP contribution < -0.4 is 9.64 Å². The highest BCUT2D eigenvalue weighted by atomic mass is 16.5. The predicted molar refractivity (Wildman–Crippen MR) is 172 cm³/mol. The van der Waals surface area contributed by atoms with Crippen molar-refractivity contribution < 1.29 is 9.53 Å². The summed E-state index contributed by atoms with van der Waals surface area (Å²) in [4.78, 5) is 22.6. The van der Waals surface area contributed by atoms with Gasteiger partial charge in [0.2, 0.25) is 5.88 Å². The van der Waals surface area contributed by atoms with E-state index < -0.39 is 0 Å². The van der Waals surface area contributed by atoms with Gasteiger partial charge in [-0.2, -0.15) is 5.10 Å². The van der Waals surface area contributed by atoms with Crippen LogP contribution >= 0.6 is 0 Å². The molecule has 5 heterocycles.